The standard InChI is InChI=1S/C13H12FN5O/c1-3-7-15-13(20)9(2)19-17-12(16-18-19)10-5-4-6-11(14)8-10/h1,4-6,8-9H,7H2,2H3,(H,15,20). The van der Waals surface area contributed by atoms with Gasteiger partial charge in [0.05, 0.1) is 6.54 Å². The zero-order valence-corrected chi connectivity index (χ0v) is 10.7. The normalized spacial score (nSPS) is 11.7. The first kappa shape index (κ1) is 13.7. The number of hydrogen-bond acceptors (Lipinski definition) is 4. The summed E-state index contributed by atoms with van der Waals surface area (Å²) in [5.41, 5.74) is 0.493. The van der Waals surface area contributed by atoms with Crippen molar-refractivity contribution in [2.45, 2.75) is 13.0 Å². The van der Waals surface area contributed by atoms with E-state index in [4.69, 9.17) is 6.42 Å². The number of tetrazole rings is 1. The monoisotopic (exact) mass is 273 g/mol. The van der Waals surface area contributed by atoms with E-state index in [1.54, 1.807) is 19.1 Å². The summed E-state index contributed by atoms with van der Waals surface area (Å²) in [7, 11) is 0. The third-order valence-electron chi connectivity index (χ3n) is 2.60. The highest BCUT2D eigenvalue weighted by atomic mass is 19.1. The van der Waals surface area contributed by atoms with Crippen molar-refractivity contribution in [2.75, 3.05) is 6.54 Å². The van der Waals surface area contributed by atoms with Crippen molar-refractivity contribution >= 4 is 5.91 Å². The average molecular weight is 273 g/mol. The van der Waals surface area contributed by atoms with Gasteiger partial charge in [0, 0.05) is 5.56 Å². The van der Waals surface area contributed by atoms with Crippen LogP contribution in [-0.4, -0.2) is 32.7 Å². The molecule has 102 valence electrons. The van der Waals surface area contributed by atoms with Crippen LogP contribution in [0.5, 0.6) is 0 Å². The number of benzene rings is 1. The van der Waals surface area contributed by atoms with Crippen molar-refractivity contribution in [1.82, 2.24) is 25.5 Å². The predicted molar refractivity (Wildman–Crippen MR) is 69.8 cm³/mol. The summed E-state index contributed by atoms with van der Waals surface area (Å²) in [4.78, 5) is 12.9. The van der Waals surface area contributed by atoms with E-state index in [9.17, 15) is 9.18 Å². The highest BCUT2D eigenvalue weighted by molar-refractivity contribution is 5.79. The number of terminal acetylenes is 1. The van der Waals surface area contributed by atoms with Crippen LogP contribution in [0.4, 0.5) is 4.39 Å². The van der Waals surface area contributed by atoms with Crippen LogP contribution >= 0.6 is 0 Å². The lowest BCUT2D eigenvalue weighted by Crippen LogP contribution is -2.32. The van der Waals surface area contributed by atoms with E-state index in [0.29, 0.717) is 5.56 Å². The van der Waals surface area contributed by atoms with Crippen LogP contribution in [0.15, 0.2) is 24.3 Å². The van der Waals surface area contributed by atoms with Gasteiger partial charge < -0.3 is 5.32 Å². The minimum absolute atomic E-state index is 0.134. The van der Waals surface area contributed by atoms with Gasteiger partial charge in [-0.15, -0.1) is 16.6 Å². The minimum Gasteiger partial charge on any atom is -0.343 e. The molecule has 0 fully saturated rings. The Morgan fingerprint density at radius 2 is 2.40 bits per heavy atom. The molecule has 1 heterocycles. The van der Waals surface area contributed by atoms with Crippen molar-refractivity contribution in [1.29, 1.82) is 0 Å². The number of carbonyl (C=O) groups excluding carboxylic acids is 1. The number of amides is 1. The summed E-state index contributed by atoms with van der Waals surface area (Å²) in [6.45, 7) is 1.75. The first-order valence-electron chi connectivity index (χ1n) is 5.88. The van der Waals surface area contributed by atoms with Crippen LogP contribution in [-0.2, 0) is 4.79 Å². The SMILES string of the molecule is C#CCNC(=O)C(C)n1nnc(-c2cccc(F)c2)n1. The third-order valence-corrected chi connectivity index (χ3v) is 2.60. The summed E-state index contributed by atoms with van der Waals surface area (Å²) in [6.07, 6.45) is 5.06. The Labute approximate surface area is 115 Å². The van der Waals surface area contributed by atoms with Crippen LogP contribution in [0.2, 0.25) is 0 Å². The van der Waals surface area contributed by atoms with E-state index in [1.807, 2.05) is 0 Å². The Morgan fingerprint density at radius 3 is 3.10 bits per heavy atom. The topological polar surface area (TPSA) is 72.7 Å². The highest BCUT2D eigenvalue weighted by Crippen LogP contribution is 2.15. The Morgan fingerprint density at radius 1 is 1.60 bits per heavy atom. The maximum atomic E-state index is 13.1. The first-order chi connectivity index (χ1) is 9.61. The number of carbonyl (C=O) groups is 1. The number of nitrogens with zero attached hydrogens (tertiary/aromatic N) is 4. The lowest BCUT2D eigenvalue weighted by molar-refractivity contribution is -0.124. The molecule has 0 bridgehead atoms. The molecule has 0 aliphatic carbocycles. The van der Waals surface area contributed by atoms with E-state index in [2.05, 4.69) is 26.6 Å². The van der Waals surface area contributed by atoms with Gasteiger partial charge in [-0.1, -0.05) is 18.1 Å². The fraction of sp³-hybridized carbons (Fsp3) is 0.231. The predicted octanol–water partition coefficient (Wildman–Crippen LogP) is 0.790. The quantitative estimate of drug-likeness (QED) is 0.836. The van der Waals surface area contributed by atoms with Gasteiger partial charge in [0.1, 0.15) is 11.9 Å². The molecule has 0 aliphatic rings. The molecule has 1 amide bonds. The molecular weight excluding hydrogens is 261 g/mol. The van der Waals surface area contributed by atoms with Crippen LogP contribution in [0.25, 0.3) is 11.4 Å². The second kappa shape index (κ2) is 5.93. The van der Waals surface area contributed by atoms with Crippen LogP contribution in [0.1, 0.15) is 13.0 Å². The second-order valence-corrected chi connectivity index (χ2v) is 4.04. The molecule has 1 unspecified atom stereocenters. The Hall–Kier alpha value is -2.75. The fourth-order valence-electron chi connectivity index (χ4n) is 1.52. The number of hydrogen-bond donors (Lipinski definition) is 1. The van der Waals surface area contributed by atoms with Crippen LogP contribution in [0.3, 0.4) is 0 Å². The number of rotatable bonds is 4. The van der Waals surface area contributed by atoms with E-state index < -0.39 is 11.9 Å². The largest absolute Gasteiger partial charge is 0.343 e. The van der Waals surface area contributed by atoms with Crippen molar-refractivity contribution in [3.63, 3.8) is 0 Å². The molecule has 20 heavy (non-hydrogen) atoms. The fourth-order valence-corrected chi connectivity index (χ4v) is 1.52. The molecule has 0 radical (unpaired) electrons. The lowest BCUT2D eigenvalue weighted by Gasteiger charge is -2.08. The highest BCUT2D eigenvalue weighted by Gasteiger charge is 2.18. The summed E-state index contributed by atoms with van der Waals surface area (Å²) < 4.78 is 13.1. The van der Waals surface area contributed by atoms with Crippen molar-refractivity contribution in [3.05, 3.63) is 30.1 Å². The molecule has 2 rings (SSSR count). The summed E-state index contributed by atoms with van der Waals surface area (Å²) in [5.74, 6) is 1.85. The molecule has 0 saturated heterocycles. The molecule has 1 N–H and O–H groups in total. The molecule has 1 aromatic heterocycles. The molecule has 1 atom stereocenters. The van der Waals surface area contributed by atoms with Gasteiger partial charge in [-0.2, -0.15) is 4.80 Å². The molecule has 7 heteroatoms. The van der Waals surface area contributed by atoms with E-state index >= 15 is 0 Å². The van der Waals surface area contributed by atoms with E-state index in [0.717, 1.165) is 4.80 Å². The van der Waals surface area contributed by atoms with Gasteiger partial charge in [-0.25, -0.2) is 4.39 Å². The van der Waals surface area contributed by atoms with Crippen molar-refractivity contribution < 1.29 is 9.18 Å². The van der Waals surface area contributed by atoms with Gasteiger partial charge in [0.2, 0.25) is 11.7 Å². The average Bonchev–Trinajstić information content (AvgIpc) is 2.93. The van der Waals surface area contributed by atoms with E-state index in [-0.39, 0.29) is 18.3 Å². The van der Waals surface area contributed by atoms with Crippen molar-refractivity contribution in [3.8, 4) is 23.7 Å². The molecule has 6 nitrogen and oxygen atoms in total. The van der Waals surface area contributed by atoms with E-state index in [1.165, 1.54) is 12.1 Å². The summed E-state index contributed by atoms with van der Waals surface area (Å²) >= 11 is 0. The van der Waals surface area contributed by atoms with Gasteiger partial charge in [-0.05, 0) is 24.3 Å². The zero-order chi connectivity index (χ0) is 14.5. The Kier molecular flexibility index (Phi) is 4.05. The Bertz CT molecular complexity index is 661. The van der Waals surface area contributed by atoms with Crippen LogP contribution in [0, 0.1) is 18.2 Å². The molecular formula is C13H12FN5O. The molecule has 2 aromatic rings. The summed E-state index contributed by atoms with van der Waals surface area (Å²) in [6, 6.07) is 5.18. The van der Waals surface area contributed by atoms with Gasteiger partial charge in [0.15, 0.2) is 0 Å². The minimum atomic E-state index is -0.654. The lowest BCUT2D eigenvalue weighted by atomic mass is 10.2. The van der Waals surface area contributed by atoms with Gasteiger partial charge in [0.25, 0.3) is 0 Å². The first-order valence-corrected chi connectivity index (χ1v) is 5.88. The maximum Gasteiger partial charge on any atom is 0.247 e. The van der Waals surface area contributed by atoms with Crippen molar-refractivity contribution in [2.24, 2.45) is 0 Å². The molecule has 1 aromatic carbocycles. The second-order valence-electron chi connectivity index (χ2n) is 4.04. The molecule has 0 saturated carbocycles. The Balaban J connectivity index is 2.17. The number of nitrogens with one attached hydrogen (secondary N) is 1. The number of aromatic nitrogens is 4. The zero-order valence-electron chi connectivity index (χ0n) is 10.7. The smallest absolute Gasteiger partial charge is 0.247 e. The third kappa shape index (κ3) is 2.98. The molecule has 0 aliphatic heterocycles. The number of halogens is 1. The van der Waals surface area contributed by atoms with Crippen LogP contribution < -0.4 is 5.32 Å². The maximum absolute atomic E-state index is 13.1. The van der Waals surface area contributed by atoms with Gasteiger partial charge >= 0.3 is 0 Å². The molecule has 0 spiro atoms. The van der Waals surface area contributed by atoms with Gasteiger partial charge in [-0.3, -0.25) is 4.79 Å². The summed E-state index contributed by atoms with van der Waals surface area (Å²) in [5, 5.41) is 14.2.